The number of hydrogen-bond acceptors (Lipinski definition) is 6. The maximum absolute atomic E-state index is 15.2. The second-order valence-corrected chi connectivity index (χ2v) is 11.2. The SMILES string of the molecule is N=C[C@@H](F)[C@H](OCc1ccccc1)C1(OS(=O)(=O)c2cc(Cl)c(Cl)cc2Cl)CC1OCc1ccccc1. The number of rotatable bonds is 12. The lowest BCUT2D eigenvalue weighted by Gasteiger charge is -2.29. The Morgan fingerprint density at radius 1 is 0.946 bits per heavy atom. The lowest BCUT2D eigenvalue weighted by Crippen LogP contribution is -2.46. The lowest BCUT2D eigenvalue weighted by molar-refractivity contribution is -0.0927. The second-order valence-electron chi connectivity index (χ2n) is 8.51. The summed E-state index contributed by atoms with van der Waals surface area (Å²) in [6.07, 6.45) is -3.74. The summed E-state index contributed by atoms with van der Waals surface area (Å²) in [6, 6.07) is 20.4. The molecule has 0 saturated heterocycles. The largest absolute Gasteiger partial charge is 0.370 e. The smallest absolute Gasteiger partial charge is 0.299 e. The Balaban J connectivity index is 1.66. The first-order chi connectivity index (χ1) is 17.7. The number of ether oxygens (including phenoxy) is 2. The summed E-state index contributed by atoms with van der Waals surface area (Å²) in [6.45, 7) is 0.0982. The van der Waals surface area contributed by atoms with E-state index >= 15 is 4.39 Å². The van der Waals surface area contributed by atoms with Gasteiger partial charge in [-0.15, -0.1) is 0 Å². The van der Waals surface area contributed by atoms with Crippen LogP contribution in [0.15, 0.2) is 77.7 Å². The van der Waals surface area contributed by atoms with Gasteiger partial charge in [-0.2, -0.15) is 8.42 Å². The molecule has 6 nitrogen and oxygen atoms in total. The summed E-state index contributed by atoms with van der Waals surface area (Å²) >= 11 is 18.1. The monoisotopic (exact) mass is 585 g/mol. The molecule has 1 aliphatic rings. The molecular formula is C26H23Cl3FNO5S. The summed E-state index contributed by atoms with van der Waals surface area (Å²) in [5, 5.41) is 7.34. The fourth-order valence-corrected chi connectivity index (χ4v) is 6.15. The summed E-state index contributed by atoms with van der Waals surface area (Å²) in [5.74, 6) is 0. The molecule has 196 valence electrons. The highest BCUT2D eigenvalue weighted by Crippen LogP contribution is 2.51. The second kappa shape index (κ2) is 11.8. The molecule has 1 aliphatic carbocycles. The van der Waals surface area contributed by atoms with Gasteiger partial charge in [0.1, 0.15) is 16.6 Å². The average Bonchev–Trinajstić information content (AvgIpc) is 3.57. The van der Waals surface area contributed by atoms with E-state index in [0.717, 1.165) is 17.2 Å². The van der Waals surface area contributed by atoms with Crippen LogP contribution < -0.4 is 0 Å². The predicted molar refractivity (Wildman–Crippen MR) is 141 cm³/mol. The zero-order chi connectivity index (χ0) is 26.6. The maximum atomic E-state index is 15.2. The first kappa shape index (κ1) is 28.0. The highest BCUT2D eigenvalue weighted by molar-refractivity contribution is 7.87. The molecule has 11 heteroatoms. The van der Waals surface area contributed by atoms with Gasteiger partial charge in [-0.05, 0) is 23.3 Å². The molecule has 1 fully saturated rings. The Morgan fingerprint density at radius 3 is 2.11 bits per heavy atom. The highest BCUT2D eigenvalue weighted by atomic mass is 35.5. The third kappa shape index (κ3) is 6.52. The maximum Gasteiger partial charge on any atom is 0.299 e. The van der Waals surface area contributed by atoms with E-state index in [-0.39, 0.29) is 34.7 Å². The molecule has 4 atom stereocenters. The minimum absolute atomic E-state index is 0.00568. The zero-order valence-corrected chi connectivity index (χ0v) is 22.4. The van der Waals surface area contributed by atoms with Crippen molar-refractivity contribution in [1.82, 2.24) is 0 Å². The van der Waals surface area contributed by atoms with Gasteiger partial charge in [0.15, 0.2) is 6.17 Å². The average molecular weight is 587 g/mol. The quantitative estimate of drug-likeness (QED) is 0.146. The van der Waals surface area contributed by atoms with Crippen molar-refractivity contribution in [1.29, 1.82) is 5.41 Å². The van der Waals surface area contributed by atoms with E-state index in [4.69, 9.17) is 53.9 Å². The summed E-state index contributed by atoms with van der Waals surface area (Å²) < 4.78 is 59.4. The summed E-state index contributed by atoms with van der Waals surface area (Å²) in [5.41, 5.74) is -0.184. The van der Waals surface area contributed by atoms with Gasteiger partial charge in [-0.3, -0.25) is 4.18 Å². The molecule has 1 N–H and O–H groups in total. The van der Waals surface area contributed by atoms with Crippen molar-refractivity contribution in [3.05, 3.63) is 99.0 Å². The van der Waals surface area contributed by atoms with Gasteiger partial charge in [0.2, 0.25) is 0 Å². The van der Waals surface area contributed by atoms with Gasteiger partial charge in [-0.1, -0.05) is 95.5 Å². The molecule has 0 heterocycles. The first-order valence-corrected chi connectivity index (χ1v) is 13.8. The van der Waals surface area contributed by atoms with Gasteiger partial charge < -0.3 is 14.9 Å². The number of nitrogens with one attached hydrogen (secondary N) is 1. The van der Waals surface area contributed by atoms with Crippen LogP contribution in [-0.2, 0) is 37.0 Å². The summed E-state index contributed by atoms with van der Waals surface area (Å²) in [7, 11) is -4.59. The van der Waals surface area contributed by atoms with Crippen LogP contribution in [0.2, 0.25) is 15.1 Å². The Labute approximate surface area is 229 Å². The van der Waals surface area contributed by atoms with E-state index in [9.17, 15) is 8.42 Å². The fraction of sp³-hybridized carbons (Fsp3) is 0.269. The minimum Gasteiger partial charge on any atom is -0.370 e. The van der Waals surface area contributed by atoms with Crippen molar-refractivity contribution >= 4 is 51.1 Å². The van der Waals surface area contributed by atoms with E-state index in [2.05, 4.69) is 0 Å². The van der Waals surface area contributed by atoms with E-state index in [0.29, 0.717) is 6.21 Å². The van der Waals surface area contributed by atoms with Gasteiger partial charge in [0, 0.05) is 12.6 Å². The van der Waals surface area contributed by atoms with Crippen LogP contribution in [0.1, 0.15) is 17.5 Å². The molecule has 0 spiro atoms. The normalized spacial score (nSPS) is 20.8. The van der Waals surface area contributed by atoms with E-state index in [1.165, 1.54) is 6.07 Å². The number of hydrogen-bond donors (Lipinski definition) is 1. The molecule has 2 unspecified atom stereocenters. The molecule has 37 heavy (non-hydrogen) atoms. The first-order valence-electron chi connectivity index (χ1n) is 11.2. The Kier molecular flexibility index (Phi) is 8.91. The minimum atomic E-state index is -4.59. The molecule has 1 saturated carbocycles. The van der Waals surface area contributed by atoms with Crippen LogP contribution in [-0.4, -0.2) is 38.6 Å². The van der Waals surface area contributed by atoms with Gasteiger partial charge in [0.05, 0.1) is 34.4 Å². The molecule has 0 bridgehead atoms. The Bertz CT molecular complexity index is 1350. The molecule has 0 amide bonds. The van der Waals surface area contributed by atoms with Crippen LogP contribution in [0.3, 0.4) is 0 Å². The molecular weight excluding hydrogens is 564 g/mol. The lowest BCUT2D eigenvalue weighted by atomic mass is 10.1. The van der Waals surface area contributed by atoms with Crippen LogP contribution in [0.5, 0.6) is 0 Å². The van der Waals surface area contributed by atoms with E-state index in [1.807, 2.05) is 36.4 Å². The molecule has 0 radical (unpaired) electrons. The van der Waals surface area contributed by atoms with Crippen LogP contribution in [0, 0.1) is 5.41 Å². The van der Waals surface area contributed by atoms with Crippen molar-refractivity contribution in [2.75, 3.05) is 0 Å². The Morgan fingerprint density at radius 2 is 1.51 bits per heavy atom. The summed E-state index contributed by atoms with van der Waals surface area (Å²) in [4.78, 5) is -0.427. The highest BCUT2D eigenvalue weighted by Gasteiger charge is 2.67. The van der Waals surface area contributed by atoms with Crippen molar-refractivity contribution in [3.63, 3.8) is 0 Å². The van der Waals surface area contributed by atoms with Gasteiger partial charge in [0.25, 0.3) is 10.1 Å². The van der Waals surface area contributed by atoms with Crippen molar-refractivity contribution < 1.29 is 26.5 Å². The van der Waals surface area contributed by atoms with Gasteiger partial charge >= 0.3 is 0 Å². The third-order valence-corrected chi connectivity index (χ3v) is 8.45. The van der Waals surface area contributed by atoms with E-state index in [1.54, 1.807) is 24.3 Å². The van der Waals surface area contributed by atoms with Crippen molar-refractivity contribution in [2.24, 2.45) is 0 Å². The van der Waals surface area contributed by atoms with Crippen LogP contribution >= 0.6 is 34.8 Å². The molecule has 3 aromatic rings. The predicted octanol–water partition coefficient (Wildman–Crippen LogP) is 6.65. The standard InChI is InChI=1S/C26H23Cl3FNO5S/c27-19-11-21(29)23(12-20(19)28)37(32,33)36-26(13-24(26)34-15-17-7-3-1-4-8-17)25(22(30)14-31)35-16-18-9-5-2-6-10-18/h1-12,14,22,24-25,31H,13,15-16H2/t22-,24?,25+,26?/m1/s1. The van der Waals surface area contributed by atoms with Crippen molar-refractivity contribution in [2.45, 2.75) is 48.5 Å². The number of benzene rings is 3. The fourth-order valence-electron chi connectivity index (χ4n) is 3.93. The third-order valence-electron chi connectivity index (χ3n) is 5.89. The van der Waals surface area contributed by atoms with Crippen LogP contribution in [0.25, 0.3) is 0 Å². The zero-order valence-electron chi connectivity index (χ0n) is 19.3. The van der Waals surface area contributed by atoms with Gasteiger partial charge in [-0.25, -0.2) is 4.39 Å². The number of alkyl halides is 1. The topological polar surface area (TPSA) is 85.7 Å². The van der Waals surface area contributed by atoms with Crippen molar-refractivity contribution in [3.8, 4) is 0 Å². The molecule has 0 aromatic heterocycles. The number of halogens is 4. The molecule has 0 aliphatic heterocycles. The molecule has 4 rings (SSSR count). The molecule has 3 aromatic carbocycles. The van der Waals surface area contributed by atoms with E-state index < -0.39 is 39.0 Å². The Hall–Kier alpha value is -2.04. The van der Waals surface area contributed by atoms with Crippen LogP contribution in [0.4, 0.5) is 4.39 Å².